The van der Waals surface area contributed by atoms with Gasteiger partial charge in [0.25, 0.3) is 0 Å². The highest BCUT2D eigenvalue weighted by molar-refractivity contribution is 5.76. The number of hydrogen-bond donors (Lipinski definition) is 1. The number of carbonyl (C=O) groups is 1. The normalized spacial score (nSPS) is 17.3. The van der Waals surface area contributed by atoms with Gasteiger partial charge in [-0.05, 0) is 44.1 Å². The SMILES string of the molecule is C[C@H](CCc1ccccc1)NC(=O)CC1CCCC1. The summed E-state index contributed by atoms with van der Waals surface area (Å²) in [5.41, 5.74) is 1.35. The van der Waals surface area contributed by atoms with Crippen molar-refractivity contribution in [2.24, 2.45) is 5.92 Å². The summed E-state index contributed by atoms with van der Waals surface area (Å²) < 4.78 is 0. The van der Waals surface area contributed by atoms with Gasteiger partial charge in [0.15, 0.2) is 0 Å². The summed E-state index contributed by atoms with van der Waals surface area (Å²) in [4.78, 5) is 11.9. The predicted octanol–water partition coefficient (Wildman–Crippen LogP) is 3.70. The van der Waals surface area contributed by atoms with Crippen molar-refractivity contribution >= 4 is 5.91 Å². The third kappa shape index (κ3) is 5.06. The van der Waals surface area contributed by atoms with Crippen molar-refractivity contribution in [1.82, 2.24) is 5.32 Å². The molecule has 0 aliphatic heterocycles. The van der Waals surface area contributed by atoms with Crippen LogP contribution in [0.1, 0.15) is 51.0 Å². The van der Waals surface area contributed by atoms with Gasteiger partial charge in [0.1, 0.15) is 0 Å². The van der Waals surface area contributed by atoms with Crippen LogP contribution in [-0.2, 0) is 11.2 Å². The van der Waals surface area contributed by atoms with Gasteiger partial charge in [-0.3, -0.25) is 4.79 Å². The minimum Gasteiger partial charge on any atom is -0.354 e. The first kappa shape index (κ1) is 14.1. The molecule has 19 heavy (non-hydrogen) atoms. The topological polar surface area (TPSA) is 29.1 Å². The molecule has 0 bridgehead atoms. The van der Waals surface area contributed by atoms with Gasteiger partial charge in [-0.25, -0.2) is 0 Å². The average molecular weight is 259 g/mol. The molecule has 1 aliphatic rings. The summed E-state index contributed by atoms with van der Waals surface area (Å²) >= 11 is 0. The Labute approximate surface area is 116 Å². The maximum Gasteiger partial charge on any atom is 0.220 e. The smallest absolute Gasteiger partial charge is 0.220 e. The van der Waals surface area contributed by atoms with Crippen molar-refractivity contribution in [2.75, 3.05) is 0 Å². The number of nitrogens with one attached hydrogen (secondary N) is 1. The zero-order valence-electron chi connectivity index (χ0n) is 11.9. The van der Waals surface area contributed by atoms with Crippen LogP contribution in [0.3, 0.4) is 0 Å². The van der Waals surface area contributed by atoms with Gasteiger partial charge in [-0.1, -0.05) is 43.2 Å². The van der Waals surface area contributed by atoms with E-state index >= 15 is 0 Å². The van der Waals surface area contributed by atoms with Crippen LogP contribution in [0.2, 0.25) is 0 Å². The summed E-state index contributed by atoms with van der Waals surface area (Å²) in [5.74, 6) is 0.883. The first-order valence-corrected chi connectivity index (χ1v) is 7.57. The molecule has 1 amide bonds. The lowest BCUT2D eigenvalue weighted by Crippen LogP contribution is -2.33. The third-order valence-corrected chi connectivity index (χ3v) is 4.07. The Morgan fingerprint density at radius 2 is 1.95 bits per heavy atom. The van der Waals surface area contributed by atoms with Gasteiger partial charge in [0.05, 0.1) is 0 Å². The van der Waals surface area contributed by atoms with Crippen molar-refractivity contribution in [3.05, 3.63) is 35.9 Å². The molecule has 1 saturated carbocycles. The Hall–Kier alpha value is -1.31. The standard InChI is InChI=1S/C17H25NO/c1-14(11-12-15-7-3-2-4-8-15)18-17(19)13-16-9-5-6-10-16/h2-4,7-8,14,16H,5-6,9-13H2,1H3,(H,18,19)/t14-/m1/s1. The molecular weight excluding hydrogens is 234 g/mol. The largest absolute Gasteiger partial charge is 0.354 e. The highest BCUT2D eigenvalue weighted by Crippen LogP contribution is 2.27. The lowest BCUT2D eigenvalue weighted by molar-refractivity contribution is -0.122. The van der Waals surface area contributed by atoms with Gasteiger partial charge in [0, 0.05) is 12.5 Å². The van der Waals surface area contributed by atoms with E-state index in [-0.39, 0.29) is 11.9 Å². The molecule has 1 aliphatic carbocycles. The summed E-state index contributed by atoms with van der Waals surface area (Å²) in [6.45, 7) is 2.11. The molecule has 2 nitrogen and oxygen atoms in total. The van der Waals surface area contributed by atoms with E-state index in [0.29, 0.717) is 5.92 Å². The first-order valence-electron chi connectivity index (χ1n) is 7.57. The molecule has 0 aromatic heterocycles. The summed E-state index contributed by atoms with van der Waals surface area (Å²) in [5, 5.41) is 3.14. The molecule has 0 spiro atoms. The summed E-state index contributed by atoms with van der Waals surface area (Å²) in [6.07, 6.45) is 7.88. The van der Waals surface area contributed by atoms with Crippen molar-refractivity contribution in [3.63, 3.8) is 0 Å². The Bertz CT molecular complexity index is 382. The minimum atomic E-state index is 0.243. The second-order valence-electron chi connectivity index (χ2n) is 5.85. The molecule has 1 atom stereocenters. The highest BCUT2D eigenvalue weighted by atomic mass is 16.1. The Kier molecular flexibility index (Phi) is 5.44. The van der Waals surface area contributed by atoms with Gasteiger partial charge >= 0.3 is 0 Å². The van der Waals surface area contributed by atoms with Gasteiger partial charge in [0.2, 0.25) is 5.91 Å². The van der Waals surface area contributed by atoms with Crippen LogP contribution in [0, 0.1) is 5.92 Å². The molecule has 1 fully saturated rings. The molecule has 104 valence electrons. The zero-order chi connectivity index (χ0) is 13.5. The second-order valence-corrected chi connectivity index (χ2v) is 5.85. The van der Waals surface area contributed by atoms with Gasteiger partial charge in [-0.15, -0.1) is 0 Å². The molecular formula is C17H25NO. The van der Waals surface area contributed by atoms with E-state index in [4.69, 9.17) is 0 Å². The van der Waals surface area contributed by atoms with E-state index < -0.39 is 0 Å². The van der Waals surface area contributed by atoms with E-state index in [2.05, 4.69) is 36.5 Å². The van der Waals surface area contributed by atoms with Crippen molar-refractivity contribution in [3.8, 4) is 0 Å². The maximum absolute atomic E-state index is 11.9. The molecule has 0 saturated heterocycles. The Balaban J connectivity index is 1.65. The molecule has 1 N–H and O–H groups in total. The Morgan fingerprint density at radius 3 is 2.63 bits per heavy atom. The van der Waals surface area contributed by atoms with Crippen LogP contribution in [-0.4, -0.2) is 11.9 Å². The molecule has 2 heteroatoms. The fourth-order valence-corrected chi connectivity index (χ4v) is 2.91. The molecule has 1 aromatic carbocycles. The number of aryl methyl sites for hydroxylation is 1. The summed E-state index contributed by atoms with van der Waals surface area (Å²) in [7, 11) is 0. The number of amides is 1. The van der Waals surface area contributed by atoms with Gasteiger partial charge < -0.3 is 5.32 Å². The van der Waals surface area contributed by atoms with Crippen LogP contribution >= 0.6 is 0 Å². The first-order chi connectivity index (χ1) is 9.24. The lowest BCUT2D eigenvalue weighted by Gasteiger charge is -2.15. The Morgan fingerprint density at radius 1 is 1.26 bits per heavy atom. The van der Waals surface area contributed by atoms with E-state index in [9.17, 15) is 4.79 Å². The average Bonchev–Trinajstić information content (AvgIpc) is 2.90. The number of carbonyl (C=O) groups excluding carboxylic acids is 1. The molecule has 1 aromatic rings. The van der Waals surface area contributed by atoms with E-state index in [1.54, 1.807) is 0 Å². The van der Waals surface area contributed by atoms with Crippen LogP contribution in [0.25, 0.3) is 0 Å². The summed E-state index contributed by atoms with van der Waals surface area (Å²) in [6, 6.07) is 10.7. The monoisotopic (exact) mass is 259 g/mol. The second kappa shape index (κ2) is 7.32. The predicted molar refractivity (Wildman–Crippen MR) is 78.9 cm³/mol. The molecule has 0 unspecified atom stereocenters. The zero-order valence-corrected chi connectivity index (χ0v) is 11.9. The highest BCUT2D eigenvalue weighted by Gasteiger charge is 2.19. The van der Waals surface area contributed by atoms with Crippen molar-refractivity contribution < 1.29 is 4.79 Å². The fraction of sp³-hybridized carbons (Fsp3) is 0.588. The number of rotatable bonds is 6. The molecule has 0 radical (unpaired) electrons. The minimum absolute atomic E-state index is 0.243. The van der Waals surface area contributed by atoms with Crippen LogP contribution < -0.4 is 5.32 Å². The van der Waals surface area contributed by atoms with E-state index in [1.165, 1.54) is 31.2 Å². The van der Waals surface area contributed by atoms with Crippen molar-refractivity contribution in [2.45, 2.75) is 57.9 Å². The van der Waals surface area contributed by atoms with Crippen molar-refractivity contribution in [1.29, 1.82) is 0 Å². The van der Waals surface area contributed by atoms with E-state index in [0.717, 1.165) is 19.3 Å². The lowest BCUT2D eigenvalue weighted by atomic mass is 10.0. The maximum atomic E-state index is 11.9. The number of benzene rings is 1. The number of hydrogen-bond acceptors (Lipinski definition) is 1. The quantitative estimate of drug-likeness (QED) is 0.829. The third-order valence-electron chi connectivity index (χ3n) is 4.07. The van der Waals surface area contributed by atoms with Crippen LogP contribution in [0.5, 0.6) is 0 Å². The fourth-order valence-electron chi connectivity index (χ4n) is 2.91. The van der Waals surface area contributed by atoms with Gasteiger partial charge in [-0.2, -0.15) is 0 Å². The van der Waals surface area contributed by atoms with Crippen LogP contribution in [0.15, 0.2) is 30.3 Å². The molecule has 2 rings (SSSR count). The van der Waals surface area contributed by atoms with Crippen LogP contribution in [0.4, 0.5) is 0 Å². The molecule has 0 heterocycles. The van der Waals surface area contributed by atoms with E-state index in [1.807, 2.05) is 6.07 Å².